The molecule has 0 amide bonds. The maximum Gasteiger partial charge on any atom is 0.164 e. The molecule has 0 saturated carbocycles. The van der Waals surface area contributed by atoms with E-state index in [-0.39, 0.29) is 1.43 Å². The SMILES string of the molecule is Cc1cc(Nc2cc(NC3CCOCC3)nc(-c3c(C)cccc3C)n2)n[nH]1.[HH]. The molecule has 3 N–H and O–H groups in total. The first kappa shape index (κ1) is 18.4. The Balaban J connectivity index is 0.00000240. The monoisotopic (exact) mass is 380 g/mol. The minimum Gasteiger partial charge on any atom is -0.381 e. The van der Waals surface area contributed by atoms with E-state index < -0.39 is 0 Å². The highest BCUT2D eigenvalue weighted by Crippen LogP contribution is 2.28. The average Bonchev–Trinajstić information content (AvgIpc) is 3.07. The molecule has 1 saturated heterocycles. The Kier molecular flexibility index (Phi) is 5.25. The smallest absolute Gasteiger partial charge is 0.164 e. The summed E-state index contributed by atoms with van der Waals surface area (Å²) in [5.41, 5.74) is 4.38. The van der Waals surface area contributed by atoms with E-state index in [0.717, 1.165) is 60.1 Å². The molecule has 0 radical (unpaired) electrons. The molecular formula is C21H28N6O. The van der Waals surface area contributed by atoms with Crippen molar-refractivity contribution in [2.24, 2.45) is 0 Å². The first-order valence-electron chi connectivity index (χ1n) is 9.67. The summed E-state index contributed by atoms with van der Waals surface area (Å²) in [4.78, 5) is 9.62. The third kappa shape index (κ3) is 4.14. The Hall–Kier alpha value is -2.93. The molecule has 1 aliphatic heterocycles. The number of hydrogen-bond donors (Lipinski definition) is 3. The minimum absolute atomic E-state index is 0. The van der Waals surface area contributed by atoms with E-state index in [0.29, 0.717) is 17.7 Å². The molecule has 4 rings (SSSR count). The van der Waals surface area contributed by atoms with Crippen LogP contribution in [0, 0.1) is 20.8 Å². The van der Waals surface area contributed by atoms with Gasteiger partial charge in [-0.2, -0.15) is 5.10 Å². The highest BCUT2D eigenvalue weighted by molar-refractivity contribution is 5.69. The first-order valence-corrected chi connectivity index (χ1v) is 9.67. The number of aryl methyl sites for hydroxylation is 3. The summed E-state index contributed by atoms with van der Waals surface area (Å²) in [5, 5.41) is 14.1. The molecule has 0 bridgehead atoms. The summed E-state index contributed by atoms with van der Waals surface area (Å²) >= 11 is 0. The lowest BCUT2D eigenvalue weighted by Crippen LogP contribution is -2.28. The lowest BCUT2D eigenvalue weighted by Gasteiger charge is -2.24. The van der Waals surface area contributed by atoms with Gasteiger partial charge in [0.2, 0.25) is 0 Å². The summed E-state index contributed by atoms with van der Waals surface area (Å²) < 4.78 is 5.47. The summed E-state index contributed by atoms with van der Waals surface area (Å²) in [6.45, 7) is 7.72. The van der Waals surface area contributed by atoms with Crippen molar-refractivity contribution in [1.82, 2.24) is 20.2 Å². The molecule has 1 fully saturated rings. The minimum atomic E-state index is 0. The second kappa shape index (κ2) is 7.98. The number of hydrogen-bond acceptors (Lipinski definition) is 6. The van der Waals surface area contributed by atoms with Gasteiger partial charge in [0, 0.05) is 44.1 Å². The van der Waals surface area contributed by atoms with Gasteiger partial charge in [-0.1, -0.05) is 18.2 Å². The van der Waals surface area contributed by atoms with Gasteiger partial charge in [0.15, 0.2) is 11.6 Å². The highest BCUT2D eigenvalue weighted by atomic mass is 16.5. The maximum atomic E-state index is 5.47. The van der Waals surface area contributed by atoms with Crippen molar-refractivity contribution in [2.45, 2.75) is 39.7 Å². The van der Waals surface area contributed by atoms with Crippen molar-refractivity contribution in [3.8, 4) is 11.4 Å². The predicted octanol–water partition coefficient (Wildman–Crippen LogP) is 4.37. The number of benzene rings is 1. The van der Waals surface area contributed by atoms with E-state index in [1.54, 1.807) is 0 Å². The van der Waals surface area contributed by atoms with E-state index in [4.69, 9.17) is 14.7 Å². The molecule has 0 unspecified atom stereocenters. The normalized spacial score (nSPS) is 14.8. The Morgan fingerprint density at radius 2 is 1.71 bits per heavy atom. The quantitative estimate of drug-likeness (QED) is 0.609. The van der Waals surface area contributed by atoms with Gasteiger partial charge in [-0.3, -0.25) is 5.10 Å². The van der Waals surface area contributed by atoms with Gasteiger partial charge in [0.05, 0.1) is 0 Å². The Morgan fingerprint density at radius 1 is 1.00 bits per heavy atom. The number of H-pyrrole nitrogens is 1. The van der Waals surface area contributed by atoms with Crippen molar-refractivity contribution in [1.29, 1.82) is 0 Å². The molecule has 0 atom stereocenters. The van der Waals surface area contributed by atoms with Gasteiger partial charge in [0.1, 0.15) is 11.6 Å². The van der Waals surface area contributed by atoms with Gasteiger partial charge < -0.3 is 15.4 Å². The van der Waals surface area contributed by atoms with E-state index in [1.165, 1.54) is 0 Å². The molecular weight excluding hydrogens is 352 g/mol. The number of rotatable bonds is 5. The fourth-order valence-electron chi connectivity index (χ4n) is 3.53. The molecule has 7 nitrogen and oxygen atoms in total. The van der Waals surface area contributed by atoms with E-state index in [2.05, 4.69) is 52.9 Å². The highest BCUT2D eigenvalue weighted by Gasteiger charge is 2.17. The molecule has 28 heavy (non-hydrogen) atoms. The van der Waals surface area contributed by atoms with Crippen molar-refractivity contribution < 1.29 is 6.16 Å². The molecule has 2 aromatic heterocycles. The maximum absolute atomic E-state index is 5.47. The number of aromatic amines is 1. The Morgan fingerprint density at radius 3 is 2.39 bits per heavy atom. The van der Waals surface area contributed by atoms with Gasteiger partial charge in [-0.25, -0.2) is 9.97 Å². The van der Waals surface area contributed by atoms with E-state index >= 15 is 0 Å². The fourth-order valence-corrected chi connectivity index (χ4v) is 3.53. The molecule has 1 aromatic carbocycles. The molecule has 3 heterocycles. The number of nitrogens with one attached hydrogen (secondary N) is 3. The Bertz CT molecular complexity index is 947. The van der Waals surface area contributed by atoms with E-state index in [9.17, 15) is 0 Å². The molecule has 0 aliphatic carbocycles. The summed E-state index contributed by atoms with van der Waals surface area (Å²) in [5.74, 6) is 2.98. The predicted molar refractivity (Wildman–Crippen MR) is 113 cm³/mol. The van der Waals surface area contributed by atoms with Gasteiger partial charge in [-0.05, 0) is 44.7 Å². The number of ether oxygens (including phenoxy) is 1. The van der Waals surface area contributed by atoms with Crippen LogP contribution in [-0.4, -0.2) is 39.4 Å². The first-order chi connectivity index (χ1) is 13.6. The van der Waals surface area contributed by atoms with Gasteiger partial charge in [0.25, 0.3) is 0 Å². The summed E-state index contributed by atoms with van der Waals surface area (Å²) in [7, 11) is 0. The van der Waals surface area contributed by atoms with Crippen LogP contribution in [0.2, 0.25) is 0 Å². The third-order valence-electron chi connectivity index (χ3n) is 4.97. The van der Waals surface area contributed by atoms with E-state index in [1.807, 2.05) is 19.1 Å². The lowest BCUT2D eigenvalue weighted by molar-refractivity contribution is 0.0904. The average molecular weight is 380 g/mol. The van der Waals surface area contributed by atoms with Crippen LogP contribution in [0.3, 0.4) is 0 Å². The van der Waals surface area contributed by atoms with Crippen molar-refractivity contribution in [2.75, 3.05) is 23.8 Å². The van der Waals surface area contributed by atoms with Crippen LogP contribution in [0.4, 0.5) is 17.5 Å². The molecule has 3 aromatic rings. The molecule has 1 aliphatic rings. The van der Waals surface area contributed by atoms with Crippen LogP contribution in [0.1, 0.15) is 31.1 Å². The second-order valence-electron chi connectivity index (χ2n) is 7.32. The zero-order chi connectivity index (χ0) is 19.5. The zero-order valence-electron chi connectivity index (χ0n) is 16.5. The van der Waals surface area contributed by atoms with Crippen LogP contribution in [0.5, 0.6) is 0 Å². The lowest BCUT2D eigenvalue weighted by atomic mass is 10.0. The van der Waals surface area contributed by atoms with Crippen LogP contribution < -0.4 is 10.6 Å². The van der Waals surface area contributed by atoms with Crippen LogP contribution >= 0.6 is 0 Å². The third-order valence-corrected chi connectivity index (χ3v) is 4.97. The van der Waals surface area contributed by atoms with Crippen LogP contribution in [-0.2, 0) is 4.74 Å². The van der Waals surface area contributed by atoms with Crippen molar-refractivity contribution >= 4 is 17.5 Å². The van der Waals surface area contributed by atoms with Gasteiger partial charge >= 0.3 is 0 Å². The Labute approximate surface area is 166 Å². The van der Waals surface area contributed by atoms with Crippen LogP contribution in [0.15, 0.2) is 30.3 Å². The fraction of sp³-hybridized carbons (Fsp3) is 0.381. The largest absolute Gasteiger partial charge is 0.381 e. The summed E-state index contributed by atoms with van der Waals surface area (Å²) in [6.07, 6.45) is 1.95. The topological polar surface area (TPSA) is 87.8 Å². The molecule has 7 heteroatoms. The van der Waals surface area contributed by atoms with Gasteiger partial charge in [-0.15, -0.1) is 0 Å². The number of nitrogens with zero attached hydrogens (tertiary/aromatic N) is 3. The molecule has 0 spiro atoms. The zero-order valence-corrected chi connectivity index (χ0v) is 16.5. The summed E-state index contributed by atoms with van der Waals surface area (Å²) in [6, 6.07) is 10.5. The van der Waals surface area contributed by atoms with Crippen LogP contribution in [0.25, 0.3) is 11.4 Å². The second-order valence-corrected chi connectivity index (χ2v) is 7.32. The van der Waals surface area contributed by atoms with Crippen molar-refractivity contribution in [3.05, 3.63) is 47.2 Å². The van der Waals surface area contributed by atoms with Crippen molar-refractivity contribution in [3.63, 3.8) is 0 Å². The standard InChI is InChI=1S/C21H26N6O.H2/c1-13-5-4-6-14(2)20(13)21-24-17(22-16-7-9-28-10-8-16)12-18(25-21)23-19-11-15(3)26-27-19;/h4-6,11-12,16H,7-10H2,1-3H3,(H3,22,23,24,25,26,27);1H. The number of anilines is 3. The number of aromatic nitrogens is 4. The molecule has 148 valence electrons.